The van der Waals surface area contributed by atoms with Crippen LogP contribution in [0.2, 0.25) is 0 Å². The Balaban J connectivity index is 0.576. The summed E-state index contributed by atoms with van der Waals surface area (Å²) in [7, 11) is 0. The van der Waals surface area contributed by atoms with E-state index in [1.807, 2.05) is 121 Å². The third kappa shape index (κ3) is 36.5. The quantitative estimate of drug-likeness (QED) is 0.0382. The molecule has 0 aliphatic carbocycles. The van der Waals surface area contributed by atoms with E-state index in [2.05, 4.69) is 309 Å². The molecule has 1 aliphatic heterocycles. The Hall–Kier alpha value is -15.4. The molecule has 0 aromatic heterocycles. The molecule has 730 valence electrons. The minimum Gasteiger partial charge on any atom is -0.491 e. The number of nitrogens with zero attached hydrogens (tertiary/aromatic N) is 2. The molecule has 0 saturated carbocycles. The SMILES string of the molecule is Cc1ccc(C#Cc2c(C#Cc3ccc(C)cc3)c(C#Cc3ccc(C)cc3)c(OCCCCCCCCCCC(=O)ON3CCOCCOCCN(OC(=O)CCCCCCCCCCOc4c(C#Cc5ccc(C)cc5)c(C#Cc5ccc(C)cc5)c(C#Cc5ccc(C)cc5)c(C#Cc5ccc(C)cc5)c4C#Cc4ccc(C)cc4)CCOCC3)c(C#Cc3ccc(C)cc3)c2C#Cc2ccc(C)cc2)cc1. The average Bonchev–Trinajstić information content (AvgIpc) is 0.765. The first-order valence-corrected chi connectivity index (χ1v) is 51.1. The number of ether oxygens (including phenoxy) is 5. The summed E-state index contributed by atoms with van der Waals surface area (Å²) in [4.78, 5) is 38.7. The van der Waals surface area contributed by atoms with E-state index in [1.54, 1.807) is 10.1 Å². The predicted octanol–water partition coefficient (Wildman–Crippen LogP) is 25.8. The summed E-state index contributed by atoms with van der Waals surface area (Å²) in [6.07, 6.45) is 15.4. The molecule has 0 N–H and O–H groups in total. The fraction of sp³-hybridized carbons (Fsp3) is 0.299. The van der Waals surface area contributed by atoms with Gasteiger partial charge in [-0.2, -0.15) is 0 Å². The Morgan fingerprint density at radius 2 is 0.352 bits per heavy atom. The van der Waals surface area contributed by atoms with Crippen LogP contribution in [0.5, 0.6) is 11.5 Å². The molecule has 13 rings (SSSR count). The largest absolute Gasteiger partial charge is 0.491 e. The lowest BCUT2D eigenvalue weighted by Crippen LogP contribution is -2.35. The Kier molecular flexibility index (Phi) is 42.9. The topological polar surface area (TPSA) is 105 Å². The molecule has 12 aromatic carbocycles. The fourth-order valence-corrected chi connectivity index (χ4v) is 15.8. The van der Waals surface area contributed by atoms with Gasteiger partial charge >= 0.3 is 11.9 Å². The monoisotopic (exact) mass is 1910 g/mol. The molecular formula is C134H130N2O9. The predicted molar refractivity (Wildman–Crippen MR) is 586 cm³/mol. The van der Waals surface area contributed by atoms with Crippen LogP contribution in [0, 0.1) is 188 Å². The van der Waals surface area contributed by atoms with Gasteiger partial charge in [-0.05, 0) is 216 Å². The van der Waals surface area contributed by atoms with Crippen LogP contribution in [0.25, 0.3) is 0 Å². The van der Waals surface area contributed by atoms with Gasteiger partial charge in [-0.1, -0.05) is 372 Å². The summed E-state index contributed by atoms with van der Waals surface area (Å²) < 4.78 is 32.2. The molecule has 0 unspecified atom stereocenters. The van der Waals surface area contributed by atoms with Gasteiger partial charge in [0.25, 0.3) is 0 Å². The number of hydrogen-bond acceptors (Lipinski definition) is 11. The zero-order chi connectivity index (χ0) is 101. The fourth-order valence-electron chi connectivity index (χ4n) is 15.8. The summed E-state index contributed by atoms with van der Waals surface area (Å²) in [5.74, 6) is 71.5. The first-order chi connectivity index (χ1) is 70.8. The van der Waals surface area contributed by atoms with Crippen molar-refractivity contribution in [3.05, 3.63) is 410 Å². The van der Waals surface area contributed by atoms with Crippen molar-refractivity contribution >= 4 is 11.9 Å². The number of hydroxylamine groups is 4. The van der Waals surface area contributed by atoms with Crippen LogP contribution in [0.1, 0.15) is 282 Å². The molecule has 12 aromatic rings. The smallest absolute Gasteiger partial charge is 0.325 e. The highest BCUT2D eigenvalue weighted by Crippen LogP contribution is 2.37. The number of unbranched alkanes of at least 4 members (excludes halogenated alkanes) is 14. The second kappa shape index (κ2) is 58.2. The van der Waals surface area contributed by atoms with Crippen LogP contribution in [0.3, 0.4) is 0 Å². The highest BCUT2D eigenvalue weighted by atomic mass is 16.7. The van der Waals surface area contributed by atoms with E-state index in [0.29, 0.717) is 172 Å². The van der Waals surface area contributed by atoms with E-state index in [9.17, 15) is 9.59 Å². The van der Waals surface area contributed by atoms with Gasteiger partial charge in [-0.15, -0.1) is 10.1 Å². The van der Waals surface area contributed by atoms with Crippen LogP contribution < -0.4 is 9.47 Å². The number of carbonyl (C=O) groups is 2. The lowest BCUT2D eigenvalue weighted by atomic mass is 9.89. The van der Waals surface area contributed by atoms with Crippen LogP contribution in [-0.2, 0) is 33.5 Å². The Bertz CT molecular complexity index is 6320. The van der Waals surface area contributed by atoms with E-state index >= 15 is 0 Å². The van der Waals surface area contributed by atoms with Gasteiger partial charge in [0.2, 0.25) is 0 Å². The third-order valence-corrected chi connectivity index (χ3v) is 24.6. The zero-order valence-electron chi connectivity index (χ0n) is 85.9. The van der Waals surface area contributed by atoms with Crippen LogP contribution in [0.15, 0.2) is 243 Å². The number of aryl methyl sites for hydroxylation is 10. The van der Waals surface area contributed by atoms with Gasteiger partial charge in [0.15, 0.2) is 11.5 Å². The van der Waals surface area contributed by atoms with E-state index in [1.165, 1.54) is 0 Å². The minimum atomic E-state index is -0.288. The van der Waals surface area contributed by atoms with Crippen molar-refractivity contribution in [1.82, 2.24) is 10.1 Å². The van der Waals surface area contributed by atoms with Gasteiger partial charge < -0.3 is 33.4 Å². The second-order valence-electron chi connectivity index (χ2n) is 37.0. The summed E-state index contributed by atoms with van der Waals surface area (Å²) in [5, 5.41) is 3.25. The molecule has 0 bridgehead atoms. The highest BCUT2D eigenvalue weighted by Gasteiger charge is 2.26. The van der Waals surface area contributed by atoms with E-state index in [4.69, 9.17) is 33.4 Å². The normalized spacial score (nSPS) is 12.0. The number of benzene rings is 12. The van der Waals surface area contributed by atoms with Gasteiger partial charge in [0, 0.05) is 68.5 Å². The lowest BCUT2D eigenvalue weighted by molar-refractivity contribution is -0.198. The van der Waals surface area contributed by atoms with Gasteiger partial charge in [0.1, 0.15) is 0 Å². The van der Waals surface area contributed by atoms with Crippen LogP contribution in [-0.4, -0.2) is 101 Å². The van der Waals surface area contributed by atoms with E-state index in [-0.39, 0.29) is 11.9 Å². The van der Waals surface area contributed by atoms with Crippen molar-refractivity contribution in [2.45, 2.75) is 185 Å². The zero-order valence-corrected chi connectivity index (χ0v) is 85.9. The van der Waals surface area contributed by atoms with Crippen molar-refractivity contribution in [2.24, 2.45) is 0 Å². The van der Waals surface area contributed by atoms with Crippen molar-refractivity contribution in [2.75, 3.05) is 79.0 Å². The van der Waals surface area contributed by atoms with E-state index < -0.39 is 0 Å². The summed E-state index contributed by atoms with van der Waals surface area (Å²) in [6.45, 7) is 25.0. The number of rotatable bonds is 26. The van der Waals surface area contributed by atoms with Crippen LogP contribution in [0.4, 0.5) is 0 Å². The number of carbonyl (C=O) groups excluding carboxylic acids is 2. The molecule has 0 atom stereocenters. The first-order valence-electron chi connectivity index (χ1n) is 51.1. The van der Waals surface area contributed by atoms with Crippen molar-refractivity contribution in [3.63, 3.8) is 0 Å². The second-order valence-corrected chi connectivity index (χ2v) is 37.0. The molecule has 0 radical (unpaired) electrons. The maximum atomic E-state index is 13.4. The minimum absolute atomic E-state index is 0.288. The van der Waals surface area contributed by atoms with Crippen LogP contribution >= 0.6 is 0 Å². The molecular weight excluding hydrogens is 1780 g/mol. The van der Waals surface area contributed by atoms with Gasteiger partial charge in [-0.25, -0.2) is 0 Å². The summed E-state index contributed by atoms with van der Waals surface area (Å²) >= 11 is 0. The van der Waals surface area contributed by atoms with Crippen molar-refractivity contribution < 1.29 is 42.9 Å². The molecule has 1 aliphatic rings. The molecule has 1 saturated heterocycles. The van der Waals surface area contributed by atoms with Gasteiger partial charge in [-0.3, -0.25) is 9.59 Å². The average molecular weight is 1910 g/mol. The molecule has 11 heteroatoms. The molecule has 11 nitrogen and oxygen atoms in total. The van der Waals surface area contributed by atoms with Gasteiger partial charge in [0.05, 0.1) is 135 Å². The van der Waals surface area contributed by atoms with Crippen molar-refractivity contribution in [3.8, 4) is 130 Å². The van der Waals surface area contributed by atoms with E-state index in [0.717, 1.165) is 201 Å². The molecule has 1 fully saturated rings. The first kappa shape index (κ1) is 107. The maximum absolute atomic E-state index is 13.4. The summed E-state index contributed by atoms with van der Waals surface area (Å²) in [5.41, 5.74) is 26.0. The Labute approximate surface area is 862 Å². The molecule has 1 heterocycles. The molecule has 0 amide bonds. The maximum Gasteiger partial charge on any atom is 0.325 e. The number of hydrogen-bond donors (Lipinski definition) is 0. The molecule has 0 spiro atoms. The standard InChI is InChI=1S/C134H130N2O9/c1-101-29-49-111(50-30-101)69-79-121-123(81-71-113-53-33-103(3)34-54-113)127(85-75-117-61-41-107(7)42-62-117)133(128(86-76-118-63-43-108(8)44-64-118)124(121)82-72-114-55-35-104(4)36-56-114)142-93-25-21-17-13-11-15-19-23-27-131(137)144-135-89-95-139-96-90-136(92-98-141-100-99-140-97-91-135)145-132(138)28-24-20-16-12-14-18-22-26-94-143-134-129(87-77-119-65-45-109(9)46-66-119)125(83-73-115-57-37-105(5)38-58-115)122(80-70-112-51-31-102(2)32-52-112)126(84-74-116-59-39-106(6)40-60-116)130(134)88-78-120-67-47-110(10)48-68-120/h29-68H,11-28,89-100H2,1-10H3. The van der Waals surface area contributed by atoms with Crippen molar-refractivity contribution in [1.29, 1.82) is 0 Å². The molecule has 145 heavy (non-hydrogen) atoms. The summed E-state index contributed by atoms with van der Waals surface area (Å²) in [6, 6.07) is 82.1. The lowest BCUT2D eigenvalue weighted by Gasteiger charge is -2.22. The highest BCUT2D eigenvalue weighted by molar-refractivity contribution is 5.80. The Morgan fingerprint density at radius 1 is 0.200 bits per heavy atom. The Morgan fingerprint density at radius 3 is 0.538 bits per heavy atom. The third-order valence-electron chi connectivity index (χ3n) is 24.6.